The second-order valence-electron chi connectivity index (χ2n) is 5.35. The lowest BCUT2D eigenvalue weighted by Gasteiger charge is -2.28. The maximum Gasteiger partial charge on any atom is 0.322 e. The number of hydrogen-bond acceptors (Lipinski definition) is 4. The number of urea groups is 1. The van der Waals surface area contributed by atoms with Crippen molar-refractivity contribution in [2.75, 3.05) is 23.7 Å². The predicted octanol–water partition coefficient (Wildman–Crippen LogP) is 2.16. The number of carbonyl (C=O) groups is 2. The summed E-state index contributed by atoms with van der Waals surface area (Å²) < 4.78 is 13.5. The van der Waals surface area contributed by atoms with E-state index in [1.165, 1.54) is 6.07 Å². The van der Waals surface area contributed by atoms with E-state index in [0.717, 1.165) is 16.5 Å². The van der Waals surface area contributed by atoms with Gasteiger partial charge in [0, 0.05) is 30.6 Å². The van der Waals surface area contributed by atoms with E-state index in [-0.39, 0.29) is 30.8 Å². The lowest BCUT2D eigenvalue weighted by Crippen LogP contribution is -2.46. The highest BCUT2D eigenvalue weighted by molar-refractivity contribution is 7.99. The molecule has 0 saturated carbocycles. The van der Waals surface area contributed by atoms with Crippen molar-refractivity contribution >= 4 is 29.4 Å². The van der Waals surface area contributed by atoms with Crippen LogP contribution in [0.3, 0.4) is 0 Å². The van der Waals surface area contributed by atoms with E-state index in [0.29, 0.717) is 12.1 Å². The van der Waals surface area contributed by atoms with E-state index in [1.54, 1.807) is 47.1 Å². The summed E-state index contributed by atoms with van der Waals surface area (Å²) in [5.74, 6) is -0.00662. The van der Waals surface area contributed by atoms with Crippen molar-refractivity contribution in [3.8, 4) is 0 Å². The summed E-state index contributed by atoms with van der Waals surface area (Å²) in [6.07, 6.45) is 1.68. The summed E-state index contributed by atoms with van der Waals surface area (Å²) >= 11 is 1.59. The van der Waals surface area contributed by atoms with Gasteiger partial charge in [-0.3, -0.25) is 9.69 Å². The van der Waals surface area contributed by atoms with Crippen LogP contribution in [0.25, 0.3) is 0 Å². The molecular weight excluding hydrogens is 343 g/mol. The highest BCUT2D eigenvalue weighted by Crippen LogP contribution is 2.32. The molecule has 0 unspecified atom stereocenters. The zero-order valence-electron chi connectivity index (χ0n) is 13.4. The number of benzene rings is 1. The van der Waals surface area contributed by atoms with Crippen LogP contribution in [0.15, 0.2) is 47.6 Å². The predicted molar refractivity (Wildman–Crippen MR) is 94.0 cm³/mol. The Labute approximate surface area is 148 Å². The first-order valence-electron chi connectivity index (χ1n) is 7.78. The number of rotatable bonds is 4. The third-order valence-corrected chi connectivity index (χ3v) is 4.65. The molecule has 0 spiro atoms. The van der Waals surface area contributed by atoms with Crippen LogP contribution in [0.1, 0.15) is 5.56 Å². The van der Waals surface area contributed by atoms with E-state index < -0.39 is 0 Å². The van der Waals surface area contributed by atoms with Gasteiger partial charge in [-0.25, -0.2) is 14.2 Å². The quantitative estimate of drug-likeness (QED) is 0.876. The van der Waals surface area contributed by atoms with Crippen LogP contribution in [0.4, 0.5) is 14.9 Å². The van der Waals surface area contributed by atoms with E-state index >= 15 is 0 Å². The Morgan fingerprint density at radius 3 is 2.88 bits per heavy atom. The number of pyridine rings is 1. The number of fused-ring (bicyclic) bond motifs is 1. The summed E-state index contributed by atoms with van der Waals surface area (Å²) in [6.45, 7) is 0.451. The van der Waals surface area contributed by atoms with Gasteiger partial charge in [0.15, 0.2) is 0 Å². The summed E-state index contributed by atoms with van der Waals surface area (Å²) in [7, 11) is 0. The monoisotopic (exact) mass is 360 g/mol. The molecule has 25 heavy (non-hydrogen) atoms. The zero-order chi connectivity index (χ0) is 17.6. The first-order valence-corrected chi connectivity index (χ1v) is 8.77. The van der Waals surface area contributed by atoms with E-state index in [2.05, 4.69) is 15.6 Å². The summed E-state index contributed by atoms with van der Waals surface area (Å²) in [5, 5.41) is 5.98. The second-order valence-corrected chi connectivity index (χ2v) is 6.44. The molecule has 1 aliphatic rings. The maximum atomic E-state index is 13.5. The van der Waals surface area contributed by atoms with Gasteiger partial charge in [-0.05, 0) is 18.2 Å². The summed E-state index contributed by atoms with van der Waals surface area (Å²) in [4.78, 5) is 30.0. The van der Waals surface area contributed by atoms with Gasteiger partial charge in [0.05, 0.1) is 12.2 Å². The van der Waals surface area contributed by atoms with Gasteiger partial charge in [0.1, 0.15) is 10.8 Å². The molecular formula is C17H17FN4O2S. The van der Waals surface area contributed by atoms with Gasteiger partial charge in [-0.15, -0.1) is 11.8 Å². The van der Waals surface area contributed by atoms with Crippen molar-refractivity contribution in [1.82, 2.24) is 15.6 Å². The fourth-order valence-electron chi connectivity index (χ4n) is 2.41. The molecule has 1 aliphatic heterocycles. The number of amides is 3. The smallest absolute Gasteiger partial charge is 0.322 e. The molecule has 0 atom stereocenters. The van der Waals surface area contributed by atoms with E-state index in [1.807, 2.05) is 6.07 Å². The molecule has 0 saturated heterocycles. The van der Waals surface area contributed by atoms with Gasteiger partial charge in [0.25, 0.3) is 0 Å². The molecule has 130 valence electrons. The number of thioether (sulfide) groups is 1. The lowest BCUT2D eigenvalue weighted by atomic mass is 10.2. The fourth-order valence-corrected chi connectivity index (χ4v) is 3.34. The first kappa shape index (κ1) is 17.2. The number of nitrogens with zero attached hydrogens (tertiary/aromatic N) is 2. The first-order chi connectivity index (χ1) is 12.1. The summed E-state index contributed by atoms with van der Waals surface area (Å²) in [6, 6.07) is 9.47. The standard InChI is InChI=1S/C17H17FN4O2S/c18-13-5-2-1-4-12(13)10-20-15(23)11-21-17(24)22-8-9-25-16-14(22)6-3-7-19-16/h1-7H,8-11H2,(H,20,23)(H,21,24). The van der Waals surface area contributed by atoms with Crippen LogP contribution in [-0.4, -0.2) is 35.8 Å². The van der Waals surface area contributed by atoms with Crippen LogP contribution >= 0.6 is 11.8 Å². The average Bonchev–Trinajstić information content (AvgIpc) is 2.65. The van der Waals surface area contributed by atoms with Crippen LogP contribution < -0.4 is 15.5 Å². The van der Waals surface area contributed by atoms with Gasteiger partial charge in [-0.1, -0.05) is 18.2 Å². The Morgan fingerprint density at radius 2 is 2.04 bits per heavy atom. The minimum Gasteiger partial charge on any atom is -0.350 e. The van der Waals surface area contributed by atoms with Crippen LogP contribution in [0, 0.1) is 5.82 Å². The van der Waals surface area contributed by atoms with Crippen LogP contribution in [-0.2, 0) is 11.3 Å². The topological polar surface area (TPSA) is 74.3 Å². The van der Waals surface area contributed by atoms with E-state index in [4.69, 9.17) is 0 Å². The van der Waals surface area contributed by atoms with Gasteiger partial charge in [-0.2, -0.15) is 0 Å². The number of nitrogens with one attached hydrogen (secondary N) is 2. The molecule has 1 aromatic heterocycles. The number of hydrogen-bond donors (Lipinski definition) is 2. The van der Waals surface area contributed by atoms with Gasteiger partial charge < -0.3 is 10.6 Å². The molecule has 1 aromatic carbocycles. The number of anilines is 1. The Kier molecular flexibility index (Phi) is 5.49. The Hall–Kier alpha value is -2.61. The Morgan fingerprint density at radius 1 is 1.20 bits per heavy atom. The zero-order valence-corrected chi connectivity index (χ0v) is 14.2. The molecule has 6 nitrogen and oxygen atoms in total. The second kappa shape index (κ2) is 7.98. The third-order valence-electron chi connectivity index (χ3n) is 3.67. The molecule has 0 radical (unpaired) electrons. The van der Waals surface area contributed by atoms with Crippen molar-refractivity contribution in [3.05, 3.63) is 54.0 Å². The highest BCUT2D eigenvalue weighted by Gasteiger charge is 2.23. The largest absolute Gasteiger partial charge is 0.350 e. The molecule has 0 fully saturated rings. The maximum absolute atomic E-state index is 13.5. The molecule has 0 aliphatic carbocycles. The molecule has 2 N–H and O–H groups in total. The minimum absolute atomic E-state index is 0.0779. The van der Waals surface area contributed by atoms with Gasteiger partial charge in [0.2, 0.25) is 5.91 Å². The van der Waals surface area contributed by atoms with Crippen molar-refractivity contribution in [2.45, 2.75) is 11.6 Å². The molecule has 8 heteroatoms. The Bertz CT molecular complexity index is 787. The van der Waals surface area contributed by atoms with Crippen molar-refractivity contribution in [3.63, 3.8) is 0 Å². The third kappa shape index (κ3) is 4.27. The van der Waals surface area contributed by atoms with E-state index in [9.17, 15) is 14.0 Å². The molecule has 3 rings (SSSR count). The SMILES string of the molecule is O=C(CNC(=O)N1CCSc2ncccc21)NCc1ccccc1F. The fraction of sp³-hybridized carbons (Fsp3) is 0.235. The van der Waals surface area contributed by atoms with Crippen LogP contribution in [0.2, 0.25) is 0 Å². The highest BCUT2D eigenvalue weighted by atomic mass is 32.2. The lowest BCUT2D eigenvalue weighted by molar-refractivity contribution is -0.120. The Balaban J connectivity index is 1.51. The molecule has 2 heterocycles. The molecule has 3 amide bonds. The number of carbonyl (C=O) groups excluding carboxylic acids is 2. The summed E-state index contributed by atoms with van der Waals surface area (Å²) in [5.41, 5.74) is 1.14. The van der Waals surface area contributed by atoms with Crippen LogP contribution in [0.5, 0.6) is 0 Å². The molecule has 0 bridgehead atoms. The van der Waals surface area contributed by atoms with Crippen molar-refractivity contribution in [2.24, 2.45) is 0 Å². The van der Waals surface area contributed by atoms with Gasteiger partial charge >= 0.3 is 6.03 Å². The normalized spacial score (nSPS) is 13.1. The number of halogens is 1. The molecule has 2 aromatic rings. The number of aromatic nitrogens is 1. The van der Waals surface area contributed by atoms with Crippen molar-refractivity contribution in [1.29, 1.82) is 0 Å². The average molecular weight is 360 g/mol. The van der Waals surface area contributed by atoms with Crippen molar-refractivity contribution < 1.29 is 14.0 Å². The minimum atomic E-state index is -0.380.